The highest BCUT2D eigenvalue weighted by Crippen LogP contribution is 2.41. The number of esters is 1. The number of hydrogen-bond acceptors (Lipinski definition) is 20. The molecule has 0 bridgehead atoms. The van der Waals surface area contributed by atoms with Gasteiger partial charge >= 0.3 is 11.6 Å². The van der Waals surface area contributed by atoms with Crippen molar-refractivity contribution in [2.75, 3.05) is 116 Å². The fourth-order valence-electron chi connectivity index (χ4n) is 8.18. The smallest absolute Gasteiger partial charge is 0.345 e. The predicted octanol–water partition coefficient (Wildman–Crippen LogP) is 6.10. The Morgan fingerprint density at radius 1 is 0.818 bits per heavy atom. The van der Waals surface area contributed by atoms with Gasteiger partial charge in [0.1, 0.15) is 41.5 Å². The number of hydrogen-bond donors (Lipinski definition) is 3. The molecule has 0 atom stereocenters. The first-order chi connectivity index (χ1) is 37.8. The number of carbonyl (C=O) groups excluding carboxylic acids is 2. The Kier molecular flexibility index (Phi) is 19.3. The highest BCUT2D eigenvalue weighted by atomic mass is 32.2. The van der Waals surface area contributed by atoms with Crippen LogP contribution in [0.3, 0.4) is 0 Å². The average Bonchev–Trinajstić information content (AvgIpc) is 4.19. The van der Waals surface area contributed by atoms with Crippen LogP contribution in [0.1, 0.15) is 18.2 Å². The van der Waals surface area contributed by atoms with Crippen LogP contribution < -0.4 is 30.6 Å². The lowest BCUT2D eigenvalue weighted by Crippen LogP contribution is -2.43. The van der Waals surface area contributed by atoms with Crippen LogP contribution in [0.4, 0.5) is 11.4 Å². The number of ketones is 1. The quantitative estimate of drug-likeness (QED) is 0.0158. The molecule has 77 heavy (non-hydrogen) atoms. The molecule has 0 saturated carbocycles. The van der Waals surface area contributed by atoms with E-state index >= 15 is 0 Å². The first-order valence-electron chi connectivity index (χ1n) is 25.3. The van der Waals surface area contributed by atoms with Crippen LogP contribution in [0.25, 0.3) is 33.9 Å². The summed E-state index contributed by atoms with van der Waals surface area (Å²) in [6, 6.07) is 25.5. The zero-order chi connectivity index (χ0) is 53.2. The molecule has 0 radical (unpaired) electrons. The van der Waals surface area contributed by atoms with E-state index in [9.17, 15) is 19.5 Å². The van der Waals surface area contributed by atoms with Crippen molar-refractivity contribution in [1.29, 1.82) is 0 Å². The van der Waals surface area contributed by atoms with Crippen LogP contribution in [0.15, 0.2) is 128 Å². The lowest BCUT2D eigenvalue weighted by molar-refractivity contribution is -0.139. The second kappa shape index (κ2) is 27.5. The number of rotatable bonds is 29. The molecule has 0 aliphatic carbocycles. The minimum absolute atomic E-state index is 0.0668. The SMILES string of the molecule is CCOC(=O)C1=C(Nc2ccccc2)S/C(=C\c2ccc(OCCOCCn3cc(COCCOCCOCCOCCOc4ccn5cc(-c6cc7ccc(N8CCNCC8)cc7oc6=O)nc5c4)nn3)c(O)c2)C1=O. The Morgan fingerprint density at radius 3 is 2.32 bits per heavy atom. The molecule has 4 aromatic heterocycles. The maximum atomic E-state index is 13.3. The largest absolute Gasteiger partial charge is 0.504 e. The zero-order valence-corrected chi connectivity index (χ0v) is 43.4. The van der Waals surface area contributed by atoms with Gasteiger partial charge in [0.2, 0.25) is 5.78 Å². The fourth-order valence-corrected chi connectivity index (χ4v) is 9.23. The van der Waals surface area contributed by atoms with Crippen LogP contribution in [0.5, 0.6) is 17.2 Å². The Labute approximate surface area is 447 Å². The molecular formula is C55H60N8O13S. The van der Waals surface area contributed by atoms with Gasteiger partial charge in [-0.15, -0.1) is 5.10 Å². The lowest BCUT2D eigenvalue weighted by Gasteiger charge is -2.29. The molecule has 2 aliphatic heterocycles. The van der Waals surface area contributed by atoms with E-state index in [1.165, 1.54) is 6.07 Å². The van der Waals surface area contributed by atoms with Gasteiger partial charge in [-0.3, -0.25) is 4.79 Å². The van der Waals surface area contributed by atoms with Gasteiger partial charge in [0, 0.05) is 67.5 Å². The normalized spacial score (nSPS) is 14.3. The molecule has 1 fully saturated rings. The minimum atomic E-state index is -0.702. The van der Waals surface area contributed by atoms with Crippen molar-refractivity contribution in [3.05, 3.63) is 141 Å². The van der Waals surface area contributed by atoms with E-state index in [1.54, 1.807) is 42.2 Å². The molecule has 7 aromatic rings. The molecule has 3 aromatic carbocycles. The molecular weight excluding hydrogens is 1010 g/mol. The number of thioether (sulfide) groups is 1. The van der Waals surface area contributed by atoms with Crippen molar-refractivity contribution in [2.24, 2.45) is 0 Å². The molecule has 0 spiro atoms. The second-order valence-corrected chi connectivity index (χ2v) is 18.5. The number of allylic oxidation sites excluding steroid dienone is 1. The van der Waals surface area contributed by atoms with Crippen molar-refractivity contribution < 1.29 is 57.0 Å². The molecule has 0 amide bonds. The fraction of sp³-hybridized carbons (Fsp3) is 0.345. The minimum Gasteiger partial charge on any atom is -0.504 e. The highest BCUT2D eigenvalue weighted by molar-refractivity contribution is 8.08. The molecule has 1 saturated heterocycles. The van der Waals surface area contributed by atoms with E-state index in [0.717, 1.165) is 54.7 Å². The molecule has 0 unspecified atom stereocenters. The summed E-state index contributed by atoms with van der Waals surface area (Å²) < 4.78 is 54.3. The van der Waals surface area contributed by atoms with Gasteiger partial charge in [-0.25, -0.2) is 19.3 Å². The number of ether oxygens (including phenoxy) is 8. The number of imidazole rings is 1. The zero-order valence-electron chi connectivity index (χ0n) is 42.6. The van der Waals surface area contributed by atoms with E-state index in [-0.39, 0.29) is 43.5 Å². The Bertz CT molecular complexity index is 3230. The third kappa shape index (κ3) is 15.1. The Hall–Kier alpha value is -7.57. The summed E-state index contributed by atoms with van der Waals surface area (Å²) in [5.41, 5.74) is 4.59. The number of pyridine rings is 1. The molecule has 6 heterocycles. The monoisotopic (exact) mass is 1070 g/mol. The van der Waals surface area contributed by atoms with Gasteiger partial charge in [-0.05, 0) is 67.1 Å². The van der Waals surface area contributed by atoms with Crippen LogP contribution >= 0.6 is 11.8 Å². The number of aromatic hydroxyl groups is 1. The van der Waals surface area contributed by atoms with Crippen LogP contribution in [-0.2, 0) is 51.2 Å². The summed E-state index contributed by atoms with van der Waals surface area (Å²) in [7, 11) is 0. The van der Waals surface area contributed by atoms with E-state index < -0.39 is 17.4 Å². The van der Waals surface area contributed by atoms with Crippen molar-refractivity contribution in [2.45, 2.75) is 20.1 Å². The van der Waals surface area contributed by atoms with Crippen LogP contribution in [0.2, 0.25) is 0 Å². The number of fused-ring (bicyclic) bond motifs is 2. The third-order valence-electron chi connectivity index (χ3n) is 12.0. The van der Waals surface area contributed by atoms with E-state index in [2.05, 4.69) is 36.9 Å². The third-order valence-corrected chi connectivity index (χ3v) is 13.0. The Balaban J connectivity index is 0.578. The average molecular weight is 1070 g/mol. The number of nitrogens with zero attached hydrogens (tertiary/aromatic N) is 6. The van der Waals surface area contributed by atoms with E-state index in [4.69, 9.17) is 42.3 Å². The van der Waals surface area contributed by atoms with Crippen molar-refractivity contribution in [3.8, 4) is 28.5 Å². The topological polar surface area (TPSA) is 234 Å². The molecule has 22 heteroatoms. The van der Waals surface area contributed by atoms with Crippen LogP contribution in [0, 0.1) is 0 Å². The predicted molar refractivity (Wildman–Crippen MR) is 288 cm³/mol. The maximum absolute atomic E-state index is 13.3. The summed E-state index contributed by atoms with van der Waals surface area (Å²) in [5, 5.41) is 26.7. The van der Waals surface area contributed by atoms with Gasteiger partial charge < -0.3 is 67.4 Å². The summed E-state index contributed by atoms with van der Waals surface area (Å²) in [4.78, 5) is 46.3. The number of anilines is 2. The first-order valence-corrected chi connectivity index (χ1v) is 26.2. The van der Waals surface area contributed by atoms with Gasteiger partial charge in [-0.1, -0.05) is 41.2 Å². The van der Waals surface area contributed by atoms with Gasteiger partial charge in [0.05, 0.1) is 107 Å². The molecule has 404 valence electrons. The van der Waals surface area contributed by atoms with Crippen molar-refractivity contribution in [3.63, 3.8) is 0 Å². The molecule has 21 nitrogen and oxygen atoms in total. The number of aromatic nitrogens is 5. The van der Waals surface area contributed by atoms with Crippen molar-refractivity contribution >= 4 is 57.6 Å². The number of phenolic OH excluding ortho intramolecular Hbond substituents is 1. The Morgan fingerprint density at radius 2 is 1.56 bits per heavy atom. The lowest BCUT2D eigenvalue weighted by atomic mass is 10.1. The number of para-hydroxylation sites is 1. The number of piperazine rings is 1. The summed E-state index contributed by atoms with van der Waals surface area (Å²) >= 11 is 1.13. The van der Waals surface area contributed by atoms with E-state index in [0.29, 0.717) is 115 Å². The highest BCUT2D eigenvalue weighted by Gasteiger charge is 2.35. The summed E-state index contributed by atoms with van der Waals surface area (Å²) in [5.74, 6) is -0.381. The van der Waals surface area contributed by atoms with Gasteiger partial charge in [0.15, 0.2) is 11.5 Å². The number of nitrogens with one attached hydrogen (secondary N) is 2. The first kappa shape index (κ1) is 54.2. The standard InChI is InChI=1S/C55H60N8O13S/c1-2-73-55(67)51-52(65)49(77-53(51)57-40-6-4-3-5-7-40)31-38-8-11-47(46(64)30-38)75-29-27-68-19-18-63-35-41(59-60-63)37-72-25-24-70-21-20-69-22-23-71-26-28-74-43-12-15-62-36-45(58-50(62)34-43)44-32-39-9-10-42(33-48(39)76-54(44)66)61-16-13-56-14-17-61/h3-12,15,30-36,56-57,64H,2,13-14,16-29,37H2,1H3/b49-31-. The number of benzene rings is 3. The molecule has 9 rings (SSSR count). The number of Topliss-reactive ketones (excluding diaryl/α,β-unsaturated/α-hetero) is 1. The molecule has 3 N–H and O–H groups in total. The summed E-state index contributed by atoms with van der Waals surface area (Å²) in [6.45, 7) is 10.2. The van der Waals surface area contributed by atoms with Crippen LogP contribution in [-0.4, -0.2) is 147 Å². The number of phenols is 1. The van der Waals surface area contributed by atoms with E-state index in [1.807, 2.05) is 71.3 Å². The number of carbonyl (C=O) groups is 2. The second-order valence-electron chi connectivity index (χ2n) is 17.4. The summed E-state index contributed by atoms with van der Waals surface area (Å²) in [6.07, 6.45) is 7.04. The van der Waals surface area contributed by atoms with Crippen molar-refractivity contribution in [1.82, 2.24) is 29.7 Å². The van der Waals surface area contributed by atoms with Gasteiger partial charge in [-0.2, -0.15) is 0 Å². The molecule has 2 aliphatic rings. The maximum Gasteiger partial charge on any atom is 0.345 e. The van der Waals surface area contributed by atoms with Gasteiger partial charge in [0.25, 0.3) is 0 Å².